The Kier molecular flexibility index (Phi) is 13.5. The number of aryl methyl sites for hydroxylation is 2. The molecule has 0 aliphatic heterocycles. The van der Waals surface area contributed by atoms with Crippen LogP contribution in [0.3, 0.4) is 0 Å². The highest BCUT2D eigenvalue weighted by Crippen LogP contribution is 2.10. The number of hydrogen-bond donors (Lipinski definition) is 0. The van der Waals surface area contributed by atoms with E-state index in [1.807, 2.05) is 0 Å². The molecule has 0 spiro atoms. The molecule has 1 aromatic heterocycles. The molecule has 0 aliphatic rings. The number of nitrogens with zero attached hydrogens (tertiary/aromatic N) is 2. The molecule has 3 heteroatoms. The number of aromatic nitrogens is 2. The van der Waals surface area contributed by atoms with Crippen molar-refractivity contribution in [2.24, 2.45) is 0 Å². The molecular formula is C17H33BrN2. The monoisotopic (exact) mass is 344 g/mol. The van der Waals surface area contributed by atoms with Crippen LogP contribution in [0.1, 0.15) is 78.1 Å². The second-order valence-electron chi connectivity index (χ2n) is 5.66. The maximum absolute atomic E-state index is 2.31. The van der Waals surface area contributed by atoms with E-state index >= 15 is 0 Å². The maximum atomic E-state index is 2.31. The van der Waals surface area contributed by atoms with Crippen molar-refractivity contribution in [2.45, 2.75) is 91.1 Å². The first kappa shape index (κ1) is 19.7. The normalized spacial score (nSPS) is 10.5. The van der Waals surface area contributed by atoms with Gasteiger partial charge < -0.3 is 17.0 Å². The van der Waals surface area contributed by atoms with Gasteiger partial charge in [-0.2, -0.15) is 0 Å². The lowest BCUT2D eigenvalue weighted by Gasteiger charge is -2.01. The van der Waals surface area contributed by atoms with Crippen LogP contribution >= 0.6 is 0 Å². The Balaban J connectivity index is 0.00000361. The summed E-state index contributed by atoms with van der Waals surface area (Å²) in [5, 5.41) is 0. The molecule has 0 saturated carbocycles. The predicted octanol–water partition coefficient (Wildman–Crippen LogP) is 1.72. The lowest BCUT2D eigenvalue weighted by Crippen LogP contribution is -3.00. The molecule has 1 aromatic rings. The predicted molar refractivity (Wildman–Crippen MR) is 82.1 cm³/mol. The van der Waals surface area contributed by atoms with E-state index in [1.165, 1.54) is 70.8 Å². The van der Waals surface area contributed by atoms with Crippen molar-refractivity contribution in [2.75, 3.05) is 0 Å². The van der Waals surface area contributed by atoms with Gasteiger partial charge in [-0.05, 0) is 19.8 Å². The number of unbranched alkanes of at least 4 members (excludes halogenated alkanes) is 9. The van der Waals surface area contributed by atoms with Crippen LogP contribution in [0.2, 0.25) is 0 Å². The van der Waals surface area contributed by atoms with Crippen LogP contribution in [0.15, 0.2) is 18.7 Å². The number of imidazole rings is 1. The van der Waals surface area contributed by atoms with E-state index in [1.54, 1.807) is 0 Å². The van der Waals surface area contributed by atoms with Crippen LogP contribution in [0, 0.1) is 0 Å². The van der Waals surface area contributed by atoms with Crippen LogP contribution in [-0.2, 0) is 13.1 Å². The van der Waals surface area contributed by atoms with E-state index in [9.17, 15) is 0 Å². The first-order valence-electron chi connectivity index (χ1n) is 8.41. The molecule has 0 aromatic carbocycles. The third kappa shape index (κ3) is 9.57. The molecule has 0 radical (unpaired) electrons. The zero-order valence-electron chi connectivity index (χ0n) is 13.5. The van der Waals surface area contributed by atoms with Gasteiger partial charge in [-0.1, -0.05) is 58.3 Å². The van der Waals surface area contributed by atoms with Gasteiger partial charge in [0.2, 0.25) is 6.33 Å². The average Bonchev–Trinajstić information content (AvgIpc) is 2.89. The Bertz CT molecular complexity index is 310. The Hall–Kier alpha value is -0.310. The summed E-state index contributed by atoms with van der Waals surface area (Å²) in [6.45, 7) is 6.73. The number of halogens is 1. The van der Waals surface area contributed by atoms with Crippen LogP contribution in [0.25, 0.3) is 0 Å². The SMILES string of the molecule is CCCCCCCCCCCC[n+]1ccn(CC)c1.[Br-]. The molecule has 0 aliphatic carbocycles. The summed E-state index contributed by atoms with van der Waals surface area (Å²) in [6, 6.07) is 0. The molecule has 0 amide bonds. The van der Waals surface area contributed by atoms with Crippen molar-refractivity contribution in [1.82, 2.24) is 4.57 Å². The van der Waals surface area contributed by atoms with E-state index in [2.05, 4.69) is 41.7 Å². The summed E-state index contributed by atoms with van der Waals surface area (Å²) < 4.78 is 4.55. The highest BCUT2D eigenvalue weighted by atomic mass is 79.9. The van der Waals surface area contributed by atoms with E-state index < -0.39 is 0 Å². The first-order valence-corrected chi connectivity index (χ1v) is 8.41. The van der Waals surface area contributed by atoms with E-state index in [0.717, 1.165) is 6.54 Å². The van der Waals surface area contributed by atoms with Crippen molar-refractivity contribution < 1.29 is 21.5 Å². The second kappa shape index (κ2) is 13.7. The molecule has 1 rings (SSSR count). The fourth-order valence-electron chi connectivity index (χ4n) is 2.54. The van der Waals surface area contributed by atoms with Gasteiger partial charge in [0.25, 0.3) is 0 Å². The fraction of sp³-hybridized carbons (Fsp3) is 0.824. The van der Waals surface area contributed by atoms with Gasteiger partial charge >= 0.3 is 0 Å². The van der Waals surface area contributed by atoms with Crippen molar-refractivity contribution >= 4 is 0 Å². The van der Waals surface area contributed by atoms with E-state index in [4.69, 9.17) is 0 Å². The molecule has 2 nitrogen and oxygen atoms in total. The van der Waals surface area contributed by atoms with E-state index in [-0.39, 0.29) is 17.0 Å². The molecule has 0 fully saturated rings. The zero-order valence-corrected chi connectivity index (χ0v) is 15.1. The van der Waals surface area contributed by atoms with Crippen LogP contribution in [0.5, 0.6) is 0 Å². The molecule has 20 heavy (non-hydrogen) atoms. The minimum atomic E-state index is 0. The minimum absolute atomic E-state index is 0. The van der Waals surface area contributed by atoms with Gasteiger partial charge in [0, 0.05) is 0 Å². The van der Waals surface area contributed by atoms with Crippen LogP contribution in [-0.4, -0.2) is 4.57 Å². The molecular weight excluding hydrogens is 312 g/mol. The fourth-order valence-corrected chi connectivity index (χ4v) is 2.54. The second-order valence-corrected chi connectivity index (χ2v) is 5.66. The average molecular weight is 345 g/mol. The van der Waals surface area contributed by atoms with E-state index in [0.29, 0.717) is 0 Å². The number of rotatable bonds is 12. The van der Waals surface area contributed by atoms with Gasteiger partial charge in [0.15, 0.2) is 0 Å². The van der Waals surface area contributed by atoms with Crippen molar-refractivity contribution in [3.8, 4) is 0 Å². The Morgan fingerprint density at radius 1 is 0.800 bits per heavy atom. The maximum Gasteiger partial charge on any atom is 0.243 e. The molecule has 1 heterocycles. The summed E-state index contributed by atoms with van der Waals surface area (Å²) >= 11 is 0. The van der Waals surface area contributed by atoms with Gasteiger partial charge in [-0.25, -0.2) is 9.13 Å². The molecule has 118 valence electrons. The molecule has 0 unspecified atom stereocenters. The van der Waals surface area contributed by atoms with Crippen molar-refractivity contribution in [3.63, 3.8) is 0 Å². The first-order chi connectivity index (χ1) is 9.36. The van der Waals surface area contributed by atoms with Crippen LogP contribution in [0.4, 0.5) is 0 Å². The molecule has 0 saturated heterocycles. The highest BCUT2D eigenvalue weighted by molar-refractivity contribution is 4.64. The molecule has 0 N–H and O–H groups in total. The largest absolute Gasteiger partial charge is 1.00 e. The quantitative estimate of drug-likeness (QED) is 0.403. The summed E-state index contributed by atoms with van der Waals surface area (Å²) in [5.41, 5.74) is 0. The van der Waals surface area contributed by atoms with Crippen molar-refractivity contribution in [1.29, 1.82) is 0 Å². The summed E-state index contributed by atoms with van der Waals surface area (Å²) in [5.74, 6) is 0. The van der Waals surface area contributed by atoms with Gasteiger partial charge in [0.05, 0.1) is 13.1 Å². The Morgan fingerprint density at radius 3 is 1.85 bits per heavy atom. The standard InChI is InChI=1S/C17H33N2.BrH/c1-3-5-6-7-8-9-10-11-12-13-14-19-16-15-18(4-2)17-19;/h15-17H,3-14H2,1-2H3;1H/q+1;/p-1. The molecule has 0 bridgehead atoms. The molecule has 0 atom stereocenters. The van der Waals surface area contributed by atoms with Gasteiger partial charge in [0.1, 0.15) is 12.4 Å². The smallest absolute Gasteiger partial charge is 0.243 e. The summed E-state index contributed by atoms with van der Waals surface area (Å²) in [7, 11) is 0. The lowest BCUT2D eigenvalue weighted by atomic mass is 10.1. The number of hydrogen-bond acceptors (Lipinski definition) is 0. The van der Waals surface area contributed by atoms with Gasteiger partial charge in [-0.3, -0.25) is 0 Å². The lowest BCUT2D eigenvalue weighted by molar-refractivity contribution is -0.696. The highest BCUT2D eigenvalue weighted by Gasteiger charge is 2.00. The minimum Gasteiger partial charge on any atom is -1.00 e. The summed E-state index contributed by atoms with van der Waals surface area (Å²) in [6.07, 6.45) is 20.7. The topological polar surface area (TPSA) is 8.81 Å². The van der Waals surface area contributed by atoms with Crippen LogP contribution < -0.4 is 21.5 Å². The Labute approximate surface area is 136 Å². The Morgan fingerprint density at radius 2 is 1.35 bits per heavy atom. The third-order valence-corrected chi connectivity index (χ3v) is 3.88. The van der Waals surface area contributed by atoms with Gasteiger partial charge in [-0.15, -0.1) is 0 Å². The summed E-state index contributed by atoms with van der Waals surface area (Å²) in [4.78, 5) is 0. The zero-order chi connectivity index (χ0) is 13.8. The van der Waals surface area contributed by atoms with Crippen molar-refractivity contribution in [3.05, 3.63) is 18.7 Å². The third-order valence-electron chi connectivity index (χ3n) is 3.88.